The lowest BCUT2D eigenvalue weighted by Gasteiger charge is -2.17. The van der Waals surface area contributed by atoms with Gasteiger partial charge in [-0.1, -0.05) is 18.2 Å². The summed E-state index contributed by atoms with van der Waals surface area (Å²) in [5.74, 6) is 1.89. The zero-order chi connectivity index (χ0) is 18.8. The largest absolute Gasteiger partial charge is 0.438 e. The number of hydrogen-bond donors (Lipinski definition) is 0. The van der Waals surface area contributed by atoms with Crippen LogP contribution in [0.15, 0.2) is 47.5 Å². The first kappa shape index (κ1) is 17.9. The summed E-state index contributed by atoms with van der Waals surface area (Å²) in [6.45, 7) is 1.07. The summed E-state index contributed by atoms with van der Waals surface area (Å²) in [7, 11) is -1.01. The van der Waals surface area contributed by atoms with Crippen molar-refractivity contribution in [3.8, 4) is 11.6 Å². The van der Waals surface area contributed by atoms with Crippen molar-refractivity contribution >= 4 is 16.7 Å². The highest BCUT2D eigenvalue weighted by Gasteiger charge is 2.31. The number of para-hydroxylation sites is 1. The molecule has 4 rings (SSSR count). The molecule has 1 saturated carbocycles. The molecule has 1 aromatic carbocycles. The summed E-state index contributed by atoms with van der Waals surface area (Å²) in [5.41, 5.74) is 1.38. The number of likely N-dealkylation sites (tertiary alicyclic amines) is 1. The molecule has 1 unspecified atom stereocenters. The maximum Gasteiger partial charge on any atom is 0.261 e. The summed E-state index contributed by atoms with van der Waals surface area (Å²) < 4.78 is 17.3. The molecule has 1 aliphatic heterocycles. The number of aromatic nitrogens is 2. The number of benzene rings is 1. The van der Waals surface area contributed by atoms with Gasteiger partial charge in [-0.3, -0.25) is 9.00 Å². The molecule has 2 heterocycles. The summed E-state index contributed by atoms with van der Waals surface area (Å²) >= 11 is 0. The van der Waals surface area contributed by atoms with Crippen LogP contribution in [-0.2, 0) is 10.8 Å². The molecule has 27 heavy (non-hydrogen) atoms. The fourth-order valence-corrected chi connectivity index (χ4v) is 3.76. The minimum Gasteiger partial charge on any atom is -0.438 e. The maximum atomic E-state index is 13.0. The first-order valence-electron chi connectivity index (χ1n) is 9.01. The second-order valence-electron chi connectivity index (χ2n) is 6.89. The van der Waals surface area contributed by atoms with Gasteiger partial charge in [-0.25, -0.2) is 4.98 Å². The molecule has 1 saturated heterocycles. The maximum absolute atomic E-state index is 13.0. The lowest BCUT2D eigenvalue weighted by Crippen LogP contribution is -2.28. The molecule has 140 valence electrons. The zero-order valence-electron chi connectivity index (χ0n) is 15.1. The summed E-state index contributed by atoms with van der Waals surface area (Å²) in [4.78, 5) is 23.7. The van der Waals surface area contributed by atoms with Crippen LogP contribution in [-0.4, -0.2) is 44.3 Å². The van der Waals surface area contributed by atoms with Crippen molar-refractivity contribution in [2.75, 3.05) is 19.3 Å². The van der Waals surface area contributed by atoms with E-state index in [0.717, 1.165) is 30.7 Å². The minimum atomic E-state index is -1.01. The van der Waals surface area contributed by atoms with Crippen molar-refractivity contribution in [3.05, 3.63) is 58.9 Å². The Balaban J connectivity index is 1.61. The van der Waals surface area contributed by atoms with E-state index in [-0.39, 0.29) is 5.91 Å². The van der Waals surface area contributed by atoms with E-state index in [1.54, 1.807) is 22.8 Å². The predicted octanol–water partition coefficient (Wildman–Crippen LogP) is 3.25. The molecule has 1 aromatic heterocycles. The van der Waals surface area contributed by atoms with Crippen LogP contribution in [0.25, 0.3) is 0 Å². The molecule has 2 aromatic rings. The van der Waals surface area contributed by atoms with E-state index in [1.807, 2.05) is 30.3 Å². The molecular weight excluding hydrogens is 362 g/mol. The van der Waals surface area contributed by atoms with Crippen molar-refractivity contribution in [2.24, 2.45) is 0 Å². The Hall–Kier alpha value is -2.54. The quantitative estimate of drug-likeness (QED) is 0.792. The number of hydrogen-bond acceptors (Lipinski definition) is 5. The van der Waals surface area contributed by atoms with Crippen LogP contribution in [0, 0.1) is 0 Å². The second kappa shape index (κ2) is 7.60. The van der Waals surface area contributed by atoms with Gasteiger partial charge < -0.3 is 9.64 Å². The molecule has 0 radical (unpaired) electrons. The van der Waals surface area contributed by atoms with E-state index >= 15 is 0 Å². The topological polar surface area (TPSA) is 72.4 Å². The van der Waals surface area contributed by atoms with Gasteiger partial charge in [-0.2, -0.15) is 4.98 Å². The summed E-state index contributed by atoms with van der Waals surface area (Å²) in [6, 6.07) is 9.33. The Morgan fingerprint density at radius 1 is 1.30 bits per heavy atom. The van der Waals surface area contributed by atoms with Gasteiger partial charge in [-0.05, 0) is 37.0 Å². The van der Waals surface area contributed by atoms with Gasteiger partial charge in [0.25, 0.3) is 5.91 Å². The first-order valence-corrected chi connectivity index (χ1v) is 10.6. The fraction of sp³-hybridized carbons (Fsp3) is 0.350. The van der Waals surface area contributed by atoms with Crippen molar-refractivity contribution in [1.82, 2.24) is 14.9 Å². The van der Waals surface area contributed by atoms with Gasteiger partial charge in [0, 0.05) is 47.7 Å². The van der Waals surface area contributed by atoms with Crippen molar-refractivity contribution < 1.29 is 13.7 Å². The Morgan fingerprint density at radius 3 is 2.78 bits per heavy atom. The number of rotatable bonds is 5. The Bertz CT molecular complexity index is 910. The van der Waals surface area contributed by atoms with Crippen molar-refractivity contribution in [3.63, 3.8) is 0 Å². The lowest BCUT2D eigenvalue weighted by atomic mass is 10.2. The summed E-state index contributed by atoms with van der Waals surface area (Å²) in [6.07, 6.45) is 6.11. The van der Waals surface area contributed by atoms with Crippen LogP contribution in [0.4, 0.5) is 0 Å². The van der Waals surface area contributed by atoms with E-state index in [9.17, 15) is 9.00 Å². The van der Waals surface area contributed by atoms with Crippen LogP contribution in [0.3, 0.4) is 0 Å². The Morgan fingerprint density at radius 2 is 2.07 bits per heavy atom. The highest BCUT2D eigenvalue weighted by molar-refractivity contribution is 7.87. The molecule has 1 amide bonds. The van der Waals surface area contributed by atoms with E-state index in [4.69, 9.17) is 4.74 Å². The molecule has 2 aliphatic rings. The lowest BCUT2D eigenvalue weighted by molar-refractivity contribution is 0.0792. The van der Waals surface area contributed by atoms with Gasteiger partial charge in [0.15, 0.2) is 0 Å². The molecule has 1 atom stereocenters. The standard InChI is InChI=1S/C20H21N3O3S/c1-27(25)13-14-9-10-23(12-14)20(24)17-11-21-18(15-7-8-15)22-19(17)26-16-5-3-2-4-6-16/h2-6,11,13,15H,7-10,12H2,1H3/b14-13-. The zero-order valence-corrected chi connectivity index (χ0v) is 15.9. The highest BCUT2D eigenvalue weighted by Crippen LogP contribution is 2.39. The minimum absolute atomic E-state index is 0.159. The molecule has 2 fully saturated rings. The average molecular weight is 383 g/mol. The van der Waals surface area contributed by atoms with Gasteiger partial charge in [0.2, 0.25) is 5.88 Å². The van der Waals surface area contributed by atoms with E-state index in [0.29, 0.717) is 36.2 Å². The molecule has 7 heteroatoms. The van der Waals surface area contributed by atoms with Crippen LogP contribution in [0.5, 0.6) is 11.6 Å². The number of carbonyl (C=O) groups excluding carboxylic acids is 1. The molecule has 6 nitrogen and oxygen atoms in total. The highest BCUT2D eigenvalue weighted by atomic mass is 32.2. The normalized spacial score (nSPS) is 19.3. The van der Waals surface area contributed by atoms with Gasteiger partial charge in [0.05, 0.1) is 0 Å². The van der Waals surface area contributed by atoms with Gasteiger partial charge >= 0.3 is 0 Å². The molecule has 0 N–H and O–H groups in total. The summed E-state index contributed by atoms with van der Waals surface area (Å²) in [5, 5.41) is 1.72. The average Bonchev–Trinajstić information content (AvgIpc) is 3.41. The SMILES string of the molecule is CS(=O)/C=C1/CCN(C(=O)c2cnc(C3CC3)nc2Oc2ccccc2)C1. The third-order valence-electron chi connectivity index (χ3n) is 4.62. The first-order chi connectivity index (χ1) is 13.1. The predicted molar refractivity (Wildman–Crippen MR) is 103 cm³/mol. The monoisotopic (exact) mass is 383 g/mol. The van der Waals surface area contributed by atoms with Crippen LogP contribution in [0.1, 0.15) is 41.4 Å². The molecule has 0 spiro atoms. The number of carbonyl (C=O) groups is 1. The Kier molecular flexibility index (Phi) is 5.03. The fourth-order valence-electron chi connectivity index (χ4n) is 3.10. The van der Waals surface area contributed by atoms with Crippen LogP contribution in [0.2, 0.25) is 0 Å². The smallest absolute Gasteiger partial charge is 0.261 e. The van der Waals surface area contributed by atoms with Crippen LogP contribution < -0.4 is 4.74 Å². The van der Waals surface area contributed by atoms with Crippen molar-refractivity contribution in [2.45, 2.75) is 25.2 Å². The number of ether oxygens (including phenoxy) is 1. The second-order valence-corrected chi connectivity index (χ2v) is 8.12. The van der Waals surface area contributed by atoms with Gasteiger partial charge in [0.1, 0.15) is 17.1 Å². The van der Waals surface area contributed by atoms with E-state index in [1.165, 1.54) is 0 Å². The van der Waals surface area contributed by atoms with Gasteiger partial charge in [-0.15, -0.1) is 0 Å². The third-order valence-corrected chi connectivity index (χ3v) is 5.28. The van der Waals surface area contributed by atoms with E-state index in [2.05, 4.69) is 9.97 Å². The Labute approximate surface area is 160 Å². The van der Waals surface area contributed by atoms with E-state index < -0.39 is 10.8 Å². The van der Waals surface area contributed by atoms with Crippen LogP contribution >= 0.6 is 0 Å². The number of nitrogens with zero attached hydrogens (tertiary/aromatic N) is 3. The molecule has 0 bridgehead atoms. The van der Waals surface area contributed by atoms with Crippen molar-refractivity contribution in [1.29, 1.82) is 0 Å². The number of amides is 1. The molecule has 1 aliphatic carbocycles. The molecular formula is C20H21N3O3S. The third kappa shape index (κ3) is 4.24.